The van der Waals surface area contributed by atoms with E-state index in [2.05, 4.69) is 38.2 Å². The molecule has 41 heavy (non-hydrogen) atoms. The van der Waals surface area contributed by atoms with Crippen molar-refractivity contribution in [2.75, 3.05) is 25.0 Å². The highest BCUT2D eigenvalue weighted by atomic mass is 19.1. The second-order valence-corrected chi connectivity index (χ2v) is 11.9. The van der Waals surface area contributed by atoms with Gasteiger partial charge in [-0.05, 0) is 108 Å². The highest BCUT2D eigenvalue weighted by molar-refractivity contribution is 5.83. The maximum Gasteiger partial charge on any atom is 0.229 e. The number of piperidine rings is 1. The number of anilines is 2. The third-order valence-electron chi connectivity index (χ3n) is 9.12. The number of hydrogen-bond donors (Lipinski definition) is 1. The van der Waals surface area contributed by atoms with E-state index in [9.17, 15) is 4.39 Å². The number of benzene rings is 1. The number of pyridine rings is 1. The molecule has 2 aliphatic rings. The highest BCUT2D eigenvalue weighted by Crippen LogP contribution is 2.46. The summed E-state index contributed by atoms with van der Waals surface area (Å²) >= 11 is 0. The minimum atomic E-state index is -0.623. The van der Waals surface area contributed by atoms with Crippen molar-refractivity contribution in [1.82, 2.24) is 29.4 Å². The van der Waals surface area contributed by atoms with Crippen molar-refractivity contribution in [3.63, 3.8) is 0 Å². The third kappa shape index (κ3) is 5.44. The summed E-state index contributed by atoms with van der Waals surface area (Å²) in [6.07, 6.45) is 9.50. The molecule has 6 rings (SSSR count). The number of fused-ring (bicyclic) bond motifs is 1. The van der Waals surface area contributed by atoms with E-state index >= 15 is 4.39 Å². The number of nitrogens with zero attached hydrogens (tertiary/aromatic N) is 6. The van der Waals surface area contributed by atoms with Gasteiger partial charge in [-0.25, -0.2) is 28.7 Å². The summed E-state index contributed by atoms with van der Waals surface area (Å²) < 4.78 is 32.0. The molecule has 1 N–H and O–H groups in total. The minimum Gasteiger partial charge on any atom is -0.326 e. The number of aryl methyl sites for hydroxylation is 1. The average molecular weight is 560 g/mol. The van der Waals surface area contributed by atoms with Crippen LogP contribution in [0.1, 0.15) is 76.2 Å². The number of hydrogen-bond acceptors (Lipinski definition) is 6. The van der Waals surface area contributed by atoms with Crippen LogP contribution in [0.2, 0.25) is 0 Å². The molecule has 1 saturated heterocycles. The Labute approximate surface area is 240 Å². The lowest BCUT2D eigenvalue weighted by Gasteiger charge is -2.42. The van der Waals surface area contributed by atoms with E-state index in [0.29, 0.717) is 34.6 Å². The molecule has 0 amide bonds. The zero-order valence-electron chi connectivity index (χ0n) is 24.4. The molecule has 4 heterocycles. The standard InChI is InChI=1S/C32H39F2N7/c1-5-40-13-11-22(12-14-40)29(21-7-6-8-21)23-9-10-28(35-17-23)38-32-36-18-26(34)30(39-32)24-15-25(33)31-27(16-24)41(19(2)3)20(4)37-31/h9-10,15-19,21-22,29H,5-8,11-14H2,1-4H3,(H,35,36,38,39). The van der Waals surface area contributed by atoms with Crippen LogP contribution < -0.4 is 5.32 Å². The Morgan fingerprint density at radius 1 is 0.951 bits per heavy atom. The van der Waals surface area contributed by atoms with E-state index < -0.39 is 11.6 Å². The zero-order chi connectivity index (χ0) is 28.7. The van der Waals surface area contributed by atoms with Gasteiger partial charge in [-0.3, -0.25) is 0 Å². The maximum absolute atomic E-state index is 15.1. The van der Waals surface area contributed by atoms with Gasteiger partial charge in [-0.1, -0.05) is 19.4 Å². The van der Waals surface area contributed by atoms with Crippen molar-refractivity contribution in [1.29, 1.82) is 0 Å². The fraction of sp³-hybridized carbons (Fsp3) is 0.500. The highest BCUT2D eigenvalue weighted by Gasteiger charge is 2.36. The van der Waals surface area contributed by atoms with Crippen LogP contribution in [0.15, 0.2) is 36.7 Å². The van der Waals surface area contributed by atoms with Gasteiger partial charge in [0.05, 0.1) is 11.7 Å². The Morgan fingerprint density at radius 3 is 2.34 bits per heavy atom. The lowest BCUT2D eigenvalue weighted by molar-refractivity contribution is 0.127. The summed E-state index contributed by atoms with van der Waals surface area (Å²) in [6.45, 7) is 11.6. The predicted molar refractivity (Wildman–Crippen MR) is 158 cm³/mol. The first kappa shape index (κ1) is 27.7. The van der Waals surface area contributed by atoms with Gasteiger partial charge in [-0.2, -0.15) is 0 Å². The van der Waals surface area contributed by atoms with Gasteiger partial charge in [0.15, 0.2) is 11.6 Å². The number of likely N-dealkylation sites (tertiary alicyclic amines) is 1. The fourth-order valence-corrected chi connectivity index (χ4v) is 6.83. The van der Waals surface area contributed by atoms with Gasteiger partial charge in [0, 0.05) is 17.8 Å². The summed E-state index contributed by atoms with van der Waals surface area (Å²) in [6, 6.07) is 7.24. The summed E-state index contributed by atoms with van der Waals surface area (Å²) in [7, 11) is 0. The van der Waals surface area contributed by atoms with E-state index in [0.717, 1.165) is 18.7 Å². The maximum atomic E-state index is 15.1. The van der Waals surface area contributed by atoms with Crippen LogP contribution in [-0.2, 0) is 0 Å². The second-order valence-electron chi connectivity index (χ2n) is 11.9. The fourth-order valence-electron chi connectivity index (χ4n) is 6.83. The summed E-state index contributed by atoms with van der Waals surface area (Å²) in [5.41, 5.74) is 2.54. The van der Waals surface area contributed by atoms with Gasteiger partial charge in [0.2, 0.25) is 5.95 Å². The molecular weight excluding hydrogens is 520 g/mol. The van der Waals surface area contributed by atoms with Crippen molar-refractivity contribution >= 4 is 22.8 Å². The smallest absolute Gasteiger partial charge is 0.229 e. The Morgan fingerprint density at radius 2 is 1.71 bits per heavy atom. The quantitative estimate of drug-likeness (QED) is 0.242. The van der Waals surface area contributed by atoms with Crippen LogP contribution in [0.5, 0.6) is 0 Å². The number of aromatic nitrogens is 5. The number of imidazole rings is 1. The first-order valence-electron chi connectivity index (χ1n) is 15.0. The summed E-state index contributed by atoms with van der Waals surface area (Å²) in [5, 5.41) is 3.13. The van der Waals surface area contributed by atoms with E-state index in [4.69, 9.17) is 4.98 Å². The SMILES string of the molecule is CCN1CCC(C(c2ccc(Nc3ncc(F)c(-c4cc(F)c5nc(C)n(C(C)C)c5c4)n3)nc2)C2CCC2)CC1. The molecular formula is C32H39F2N7. The van der Waals surface area contributed by atoms with Crippen LogP contribution in [0.4, 0.5) is 20.5 Å². The van der Waals surface area contributed by atoms with E-state index in [-0.39, 0.29) is 23.2 Å². The van der Waals surface area contributed by atoms with Gasteiger partial charge in [0.1, 0.15) is 22.9 Å². The van der Waals surface area contributed by atoms with E-state index in [1.807, 2.05) is 37.6 Å². The molecule has 1 aliphatic carbocycles. The van der Waals surface area contributed by atoms with Gasteiger partial charge in [-0.15, -0.1) is 0 Å². The van der Waals surface area contributed by atoms with E-state index in [1.54, 1.807) is 6.07 Å². The van der Waals surface area contributed by atoms with Crippen LogP contribution >= 0.6 is 0 Å². The molecule has 0 spiro atoms. The predicted octanol–water partition coefficient (Wildman–Crippen LogP) is 7.42. The van der Waals surface area contributed by atoms with Crippen molar-refractivity contribution < 1.29 is 8.78 Å². The molecule has 1 saturated carbocycles. The molecule has 216 valence electrons. The largest absolute Gasteiger partial charge is 0.326 e. The van der Waals surface area contributed by atoms with Crippen LogP contribution in [-0.4, -0.2) is 49.0 Å². The van der Waals surface area contributed by atoms with E-state index in [1.165, 1.54) is 56.8 Å². The molecule has 1 aromatic carbocycles. The second kappa shape index (κ2) is 11.4. The van der Waals surface area contributed by atoms with Gasteiger partial charge in [0.25, 0.3) is 0 Å². The van der Waals surface area contributed by atoms with Crippen LogP contribution in [0.25, 0.3) is 22.3 Å². The monoisotopic (exact) mass is 559 g/mol. The first-order chi connectivity index (χ1) is 19.8. The van der Waals surface area contributed by atoms with Crippen molar-refractivity contribution in [3.8, 4) is 11.3 Å². The Kier molecular flexibility index (Phi) is 7.72. The first-order valence-corrected chi connectivity index (χ1v) is 15.0. The number of rotatable bonds is 8. The Balaban J connectivity index is 1.24. The molecule has 4 aromatic rings. The average Bonchev–Trinajstić information content (AvgIpc) is 3.29. The molecule has 2 fully saturated rings. The number of halogens is 2. The molecule has 0 radical (unpaired) electrons. The topological polar surface area (TPSA) is 71.8 Å². The molecule has 3 aromatic heterocycles. The molecule has 7 nitrogen and oxygen atoms in total. The Hall–Kier alpha value is -3.46. The molecule has 1 atom stereocenters. The number of nitrogens with one attached hydrogen (secondary N) is 1. The molecule has 9 heteroatoms. The molecule has 1 aliphatic heterocycles. The van der Waals surface area contributed by atoms with Crippen molar-refractivity contribution in [2.45, 2.75) is 71.8 Å². The van der Waals surface area contributed by atoms with Crippen molar-refractivity contribution in [3.05, 3.63) is 59.7 Å². The van der Waals surface area contributed by atoms with Crippen molar-refractivity contribution in [2.24, 2.45) is 11.8 Å². The van der Waals surface area contributed by atoms with Crippen LogP contribution in [0, 0.1) is 30.4 Å². The van der Waals surface area contributed by atoms with Gasteiger partial charge < -0.3 is 14.8 Å². The lowest BCUT2D eigenvalue weighted by Crippen LogP contribution is -2.38. The van der Waals surface area contributed by atoms with Crippen LogP contribution in [0.3, 0.4) is 0 Å². The lowest BCUT2D eigenvalue weighted by atomic mass is 9.66. The zero-order valence-corrected chi connectivity index (χ0v) is 24.4. The third-order valence-corrected chi connectivity index (χ3v) is 9.12. The minimum absolute atomic E-state index is 0.0255. The summed E-state index contributed by atoms with van der Waals surface area (Å²) in [5.74, 6) is 2.36. The normalized spacial score (nSPS) is 17.7. The Bertz CT molecular complexity index is 1520. The summed E-state index contributed by atoms with van der Waals surface area (Å²) in [4.78, 5) is 20.2. The molecule has 1 unspecified atom stereocenters. The molecule has 0 bridgehead atoms. The van der Waals surface area contributed by atoms with Gasteiger partial charge >= 0.3 is 0 Å².